The zero-order chi connectivity index (χ0) is 26.1. The van der Waals surface area contributed by atoms with Gasteiger partial charge in [-0.15, -0.1) is 0 Å². The van der Waals surface area contributed by atoms with E-state index < -0.39 is 0 Å². The monoisotopic (exact) mass is 540 g/mol. The molecule has 212 valence electrons. The fraction of sp³-hybridized carbons (Fsp3) is 0.722. The van der Waals surface area contributed by atoms with Crippen molar-refractivity contribution in [3.63, 3.8) is 0 Å². The molecular formula is C36H44O4. The number of epoxide rings is 2. The molecule has 0 amide bonds. The maximum absolute atomic E-state index is 6.71. The van der Waals surface area contributed by atoms with Crippen molar-refractivity contribution in [1.82, 2.24) is 0 Å². The lowest BCUT2D eigenvalue weighted by atomic mass is 9.47. The van der Waals surface area contributed by atoms with Gasteiger partial charge in [0.05, 0.1) is 13.2 Å². The normalized spacial score (nSPS) is 45.3. The molecule has 2 aliphatic heterocycles. The van der Waals surface area contributed by atoms with Crippen molar-refractivity contribution in [2.45, 2.75) is 100 Å². The molecule has 10 fully saturated rings. The summed E-state index contributed by atoms with van der Waals surface area (Å²) >= 11 is 0. The van der Waals surface area contributed by atoms with Crippen molar-refractivity contribution in [2.75, 3.05) is 26.4 Å². The van der Waals surface area contributed by atoms with Crippen LogP contribution in [0.5, 0.6) is 11.5 Å². The van der Waals surface area contributed by atoms with Crippen molar-refractivity contribution in [2.24, 2.45) is 35.5 Å². The highest BCUT2D eigenvalue weighted by Gasteiger charge is 2.54. The molecule has 12 rings (SSSR count). The minimum absolute atomic E-state index is 0.273. The van der Waals surface area contributed by atoms with Gasteiger partial charge in [-0.2, -0.15) is 0 Å². The summed E-state index contributed by atoms with van der Waals surface area (Å²) in [5, 5.41) is 2.83. The van der Waals surface area contributed by atoms with Crippen LogP contribution in [0, 0.1) is 35.5 Å². The van der Waals surface area contributed by atoms with E-state index in [0.29, 0.717) is 24.0 Å². The summed E-state index contributed by atoms with van der Waals surface area (Å²) in [5.41, 5.74) is 3.79. The molecule has 4 heteroatoms. The van der Waals surface area contributed by atoms with Gasteiger partial charge in [0.15, 0.2) is 0 Å². The number of rotatable bonds is 8. The van der Waals surface area contributed by atoms with Crippen LogP contribution in [0.15, 0.2) is 24.3 Å². The summed E-state index contributed by atoms with van der Waals surface area (Å²) in [7, 11) is 0. The second kappa shape index (κ2) is 8.40. The van der Waals surface area contributed by atoms with Crippen LogP contribution >= 0.6 is 0 Å². The average molecular weight is 541 g/mol. The maximum atomic E-state index is 6.71. The Morgan fingerprint density at radius 1 is 0.575 bits per heavy atom. The molecule has 8 saturated carbocycles. The Balaban J connectivity index is 1.14. The Morgan fingerprint density at radius 2 is 1.05 bits per heavy atom. The van der Waals surface area contributed by atoms with E-state index in [0.717, 1.165) is 60.2 Å². The third-order valence-electron chi connectivity index (χ3n) is 12.9. The topological polar surface area (TPSA) is 43.5 Å². The van der Waals surface area contributed by atoms with E-state index in [9.17, 15) is 0 Å². The first-order valence-electron chi connectivity index (χ1n) is 16.7. The van der Waals surface area contributed by atoms with Crippen LogP contribution in [0.3, 0.4) is 0 Å². The van der Waals surface area contributed by atoms with Crippen LogP contribution in [0.2, 0.25) is 0 Å². The fourth-order valence-corrected chi connectivity index (χ4v) is 12.0. The van der Waals surface area contributed by atoms with Crippen molar-refractivity contribution in [3.05, 3.63) is 35.4 Å². The summed E-state index contributed by atoms with van der Waals surface area (Å²) in [6.45, 7) is 3.03. The Bertz CT molecular complexity index is 1280. The third kappa shape index (κ3) is 3.84. The number of hydrogen-bond acceptors (Lipinski definition) is 4. The first-order valence-corrected chi connectivity index (χ1v) is 16.7. The summed E-state index contributed by atoms with van der Waals surface area (Å²) in [6, 6.07) is 9.90. The SMILES string of the molecule is c1c(OCC2CO2)cc2cc(OCC3CO3)c(C34CC5CC(CC(C5)C3)C4)cc2c1C12CC3CC(CC(C3)C1)C2. The average Bonchev–Trinajstić information content (AvgIpc) is 3.84. The first kappa shape index (κ1) is 23.7. The molecule has 10 aliphatic rings. The quantitative estimate of drug-likeness (QED) is 0.329. The molecule has 0 N–H and O–H groups in total. The molecule has 0 aromatic heterocycles. The van der Waals surface area contributed by atoms with Crippen molar-refractivity contribution in [3.8, 4) is 11.5 Å². The Labute approximate surface area is 238 Å². The zero-order valence-electron chi connectivity index (χ0n) is 23.9. The number of hydrogen-bond donors (Lipinski definition) is 0. The van der Waals surface area contributed by atoms with Gasteiger partial charge in [0, 0.05) is 5.56 Å². The standard InChI is InChI=1S/C36H44O4/c1-21-2-23-3-22(1)12-35(11-21,13-23)32-9-28(37-17-29-18-38-29)7-27-8-34(40-20-30-19-39-30)33(10-31(27)32)36-14-24-4-25(15-36)6-26(5-24)16-36/h7-10,21-26,29-30H,1-6,11-20H2. The highest BCUT2D eigenvalue weighted by molar-refractivity contribution is 5.91. The first-order chi connectivity index (χ1) is 19.6. The molecule has 2 aromatic rings. The molecule has 8 aliphatic carbocycles. The molecule has 2 aromatic carbocycles. The van der Waals surface area contributed by atoms with Gasteiger partial charge in [-0.1, -0.05) is 0 Å². The van der Waals surface area contributed by atoms with Gasteiger partial charge >= 0.3 is 0 Å². The van der Waals surface area contributed by atoms with Crippen LogP contribution in [0.25, 0.3) is 10.8 Å². The van der Waals surface area contributed by atoms with Crippen molar-refractivity contribution in [1.29, 1.82) is 0 Å². The Morgan fingerprint density at radius 3 is 1.55 bits per heavy atom. The molecule has 0 spiro atoms. The lowest BCUT2D eigenvalue weighted by Gasteiger charge is -2.58. The van der Waals surface area contributed by atoms with Crippen LogP contribution < -0.4 is 9.47 Å². The molecule has 2 saturated heterocycles. The highest BCUT2D eigenvalue weighted by atomic mass is 16.6. The molecule has 8 bridgehead atoms. The number of benzene rings is 2. The molecular weight excluding hydrogens is 496 g/mol. The minimum atomic E-state index is 0.273. The van der Waals surface area contributed by atoms with Gasteiger partial charge in [-0.05, 0) is 164 Å². The van der Waals surface area contributed by atoms with E-state index in [4.69, 9.17) is 18.9 Å². The van der Waals surface area contributed by atoms with Crippen LogP contribution in [-0.2, 0) is 20.3 Å². The maximum Gasteiger partial charge on any atom is 0.123 e. The van der Waals surface area contributed by atoms with Gasteiger partial charge in [0.1, 0.15) is 36.9 Å². The second-order valence-corrected chi connectivity index (χ2v) is 16.0. The van der Waals surface area contributed by atoms with Gasteiger partial charge in [-0.3, -0.25) is 0 Å². The predicted molar refractivity (Wildman–Crippen MR) is 154 cm³/mol. The van der Waals surface area contributed by atoms with Gasteiger partial charge in [-0.25, -0.2) is 0 Å². The fourth-order valence-electron chi connectivity index (χ4n) is 12.0. The highest BCUT2D eigenvalue weighted by Crippen LogP contribution is 2.64. The van der Waals surface area contributed by atoms with E-state index in [1.165, 1.54) is 87.8 Å². The molecule has 4 nitrogen and oxygen atoms in total. The van der Waals surface area contributed by atoms with Crippen molar-refractivity contribution < 1.29 is 18.9 Å². The summed E-state index contributed by atoms with van der Waals surface area (Å²) in [4.78, 5) is 0. The molecule has 0 radical (unpaired) electrons. The third-order valence-corrected chi connectivity index (χ3v) is 12.9. The Kier molecular flexibility index (Phi) is 4.99. The van der Waals surface area contributed by atoms with Gasteiger partial charge in [0.25, 0.3) is 0 Å². The van der Waals surface area contributed by atoms with E-state index in [2.05, 4.69) is 24.3 Å². The lowest BCUT2D eigenvalue weighted by Crippen LogP contribution is -2.49. The van der Waals surface area contributed by atoms with E-state index in [1.54, 1.807) is 11.1 Å². The van der Waals surface area contributed by atoms with Crippen molar-refractivity contribution >= 4 is 10.8 Å². The van der Waals surface area contributed by atoms with Crippen LogP contribution in [-0.4, -0.2) is 38.6 Å². The number of ether oxygens (including phenoxy) is 4. The molecule has 2 unspecified atom stereocenters. The largest absolute Gasteiger partial charge is 0.491 e. The lowest BCUT2D eigenvalue weighted by molar-refractivity contribution is -0.00670. The zero-order valence-corrected chi connectivity index (χ0v) is 23.9. The van der Waals surface area contributed by atoms with Gasteiger partial charge in [0.2, 0.25) is 0 Å². The molecule has 2 atom stereocenters. The smallest absolute Gasteiger partial charge is 0.123 e. The van der Waals surface area contributed by atoms with Crippen LogP contribution in [0.1, 0.15) is 88.2 Å². The summed E-state index contributed by atoms with van der Waals surface area (Å²) < 4.78 is 24.2. The Hall–Kier alpha value is -1.78. The molecule has 2 heterocycles. The number of fused-ring (bicyclic) bond motifs is 1. The van der Waals surface area contributed by atoms with E-state index in [-0.39, 0.29) is 12.2 Å². The van der Waals surface area contributed by atoms with Gasteiger partial charge < -0.3 is 18.9 Å². The summed E-state index contributed by atoms with van der Waals surface area (Å²) in [5.74, 6) is 7.72. The van der Waals surface area contributed by atoms with E-state index >= 15 is 0 Å². The summed E-state index contributed by atoms with van der Waals surface area (Å²) in [6.07, 6.45) is 17.7. The predicted octanol–water partition coefficient (Wildman–Crippen LogP) is 7.33. The van der Waals surface area contributed by atoms with Crippen LogP contribution in [0.4, 0.5) is 0 Å². The van der Waals surface area contributed by atoms with E-state index in [1.807, 2.05) is 0 Å². The minimum Gasteiger partial charge on any atom is -0.491 e. The molecule has 40 heavy (non-hydrogen) atoms. The second-order valence-electron chi connectivity index (χ2n) is 16.0.